The number of ether oxygens (including phenoxy) is 1. The first kappa shape index (κ1) is 25.9. The van der Waals surface area contributed by atoms with E-state index in [4.69, 9.17) is 14.0 Å². The van der Waals surface area contributed by atoms with Crippen molar-refractivity contribution in [3.05, 3.63) is 83.2 Å². The second-order valence-corrected chi connectivity index (χ2v) is 11.8. The zero-order valence-electron chi connectivity index (χ0n) is 21.8. The molecule has 0 bridgehead atoms. The normalized spacial score (nSPS) is 15.4. The van der Waals surface area contributed by atoms with Gasteiger partial charge in [-0.2, -0.15) is 0 Å². The molecule has 0 atom stereocenters. The van der Waals surface area contributed by atoms with Crippen molar-refractivity contribution in [3.63, 3.8) is 0 Å². The second kappa shape index (κ2) is 9.98. The van der Waals surface area contributed by atoms with Gasteiger partial charge in [0.1, 0.15) is 22.9 Å². The number of halogens is 1. The summed E-state index contributed by atoms with van der Waals surface area (Å²) in [5, 5.41) is 7.43. The number of hydrogen-bond donors (Lipinski definition) is 1. The number of nitrogens with one attached hydrogen (secondary N) is 1. The third-order valence-corrected chi connectivity index (χ3v) is 8.09. The smallest absolute Gasteiger partial charge is 0.266 e. The number of amidine groups is 1. The Bertz CT molecular complexity index is 1740. The molecule has 9 nitrogen and oxygen atoms in total. The predicted molar refractivity (Wildman–Crippen MR) is 148 cm³/mol. The maximum absolute atomic E-state index is 13.7. The molecule has 0 radical (unpaired) electrons. The Kier molecular flexibility index (Phi) is 6.46. The standard InChI is InChI=1S/C29H26FN3O6S/c1-37-21-11-3-17(4-12-21)15-33(40(2,35)36)24-14-25-23(13-22(24)18-5-6-18)27(29-31-26(34)16-38-32-29)28(39-25)19-7-9-20(30)10-8-19/h3-4,7-14,18H,5-6,15-16H2,1-2H3,(H,31,32,34). The van der Waals surface area contributed by atoms with E-state index < -0.39 is 15.8 Å². The summed E-state index contributed by atoms with van der Waals surface area (Å²) < 4.78 is 53.0. The molecule has 2 heterocycles. The van der Waals surface area contributed by atoms with Gasteiger partial charge in [-0.25, -0.2) is 12.8 Å². The number of anilines is 1. The van der Waals surface area contributed by atoms with Crippen molar-refractivity contribution in [2.75, 3.05) is 24.3 Å². The molecular weight excluding hydrogens is 537 g/mol. The van der Waals surface area contributed by atoms with Crippen LogP contribution in [0.25, 0.3) is 22.3 Å². The van der Waals surface area contributed by atoms with E-state index in [1.165, 1.54) is 22.7 Å². The summed E-state index contributed by atoms with van der Waals surface area (Å²) in [4.78, 5) is 17.3. The minimum atomic E-state index is -3.70. The van der Waals surface area contributed by atoms with Crippen molar-refractivity contribution in [3.8, 4) is 17.1 Å². The Morgan fingerprint density at radius 3 is 2.45 bits per heavy atom. The lowest BCUT2D eigenvalue weighted by Crippen LogP contribution is -2.37. The second-order valence-electron chi connectivity index (χ2n) is 9.87. The number of carbonyl (C=O) groups is 1. The Hall–Kier alpha value is -4.38. The van der Waals surface area contributed by atoms with Gasteiger partial charge >= 0.3 is 0 Å². The van der Waals surface area contributed by atoms with Gasteiger partial charge in [-0.1, -0.05) is 17.3 Å². The van der Waals surface area contributed by atoms with Crippen LogP contribution in [0.4, 0.5) is 10.1 Å². The first-order valence-electron chi connectivity index (χ1n) is 12.7. The highest BCUT2D eigenvalue weighted by Crippen LogP contribution is 2.48. The Labute approximate surface area is 230 Å². The van der Waals surface area contributed by atoms with E-state index in [2.05, 4.69) is 10.5 Å². The van der Waals surface area contributed by atoms with Crippen molar-refractivity contribution in [1.29, 1.82) is 0 Å². The van der Waals surface area contributed by atoms with Crippen molar-refractivity contribution < 1.29 is 31.6 Å². The van der Waals surface area contributed by atoms with Crippen LogP contribution in [0.3, 0.4) is 0 Å². The summed E-state index contributed by atoms with van der Waals surface area (Å²) >= 11 is 0. The average molecular weight is 564 g/mol. The zero-order chi connectivity index (χ0) is 28.0. The van der Waals surface area contributed by atoms with Gasteiger partial charge in [0.05, 0.1) is 31.2 Å². The fourth-order valence-corrected chi connectivity index (χ4v) is 5.76. The summed E-state index contributed by atoms with van der Waals surface area (Å²) in [5.41, 5.74) is 3.58. The average Bonchev–Trinajstić information content (AvgIpc) is 3.71. The van der Waals surface area contributed by atoms with Gasteiger partial charge in [0, 0.05) is 17.0 Å². The largest absolute Gasteiger partial charge is 0.497 e. The molecule has 1 aliphatic carbocycles. The highest BCUT2D eigenvalue weighted by molar-refractivity contribution is 7.92. The summed E-state index contributed by atoms with van der Waals surface area (Å²) in [6.07, 6.45) is 3.01. The molecule has 2 aliphatic rings. The quantitative estimate of drug-likeness (QED) is 0.327. The topological polar surface area (TPSA) is 110 Å². The summed E-state index contributed by atoms with van der Waals surface area (Å²) in [5.74, 6) is 0.574. The highest BCUT2D eigenvalue weighted by Gasteiger charge is 2.33. The van der Waals surface area contributed by atoms with Crippen LogP contribution < -0.4 is 14.4 Å². The van der Waals surface area contributed by atoms with Crippen LogP contribution in [0.5, 0.6) is 5.75 Å². The summed E-state index contributed by atoms with van der Waals surface area (Å²) in [7, 11) is -2.13. The molecule has 6 rings (SSSR count). The van der Waals surface area contributed by atoms with Crippen molar-refractivity contribution in [2.24, 2.45) is 5.16 Å². The number of carbonyl (C=O) groups excluding carboxylic acids is 1. The molecule has 0 unspecified atom stereocenters. The number of oxime groups is 1. The van der Waals surface area contributed by atoms with E-state index in [1.807, 2.05) is 18.2 Å². The SMILES string of the molecule is COc1ccc(CN(c2cc3oc(-c4ccc(F)cc4)c(C4=NOCC(=O)N4)c3cc2C2CC2)S(C)(=O)=O)cc1. The van der Waals surface area contributed by atoms with E-state index >= 15 is 0 Å². The van der Waals surface area contributed by atoms with Crippen LogP contribution in [-0.2, 0) is 26.2 Å². The molecule has 1 amide bonds. The van der Waals surface area contributed by atoms with Crippen molar-refractivity contribution >= 4 is 38.4 Å². The fraction of sp³-hybridized carbons (Fsp3) is 0.241. The van der Waals surface area contributed by atoms with Crippen LogP contribution in [-0.4, -0.2) is 40.1 Å². The molecule has 1 fully saturated rings. The number of methoxy groups -OCH3 is 1. The first-order valence-corrected chi connectivity index (χ1v) is 14.5. The molecule has 1 saturated carbocycles. The lowest BCUT2D eigenvalue weighted by atomic mass is 10.00. The molecule has 1 aliphatic heterocycles. The minimum absolute atomic E-state index is 0.114. The number of nitrogens with zero attached hydrogens (tertiary/aromatic N) is 2. The van der Waals surface area contributed by atoms with Gasteiger partial charge in [0.15, 0.2) is 12.4 Å². The molecule has 1 N–H and O–H groups in total. The number of fused-ring (bicyclic) bond motifs is 1. The van der Waals surface area contributed by atoms with Gasteiger partial charge in [-0.05, 0) is 72.4 Å². The molecule has 3 aromatic carbocycles. The van der Waals surface area contributed by atoms with E-state index in [9.17, 15) is 17.6 Å². The van der Waals surface area contributed by atoms with Gasteiger partial charge < -0.3 is 19.3 Å². The number of amides is 1. The van der Waals surface area contributed by atoms with Gasteiger partial charge in [0.25, 0.3) is 5.91 Å². The predicted octanol–water partition coefficient (Wildman–Crippen LogP) is 4.90. The first-order chi connectivity index (χ1) is 19.2. The minimum Gasteiger partial charge on any atom is -0.497 e. The van der Waals surface area contributed by atoms with E-state index in [0.717, 1.165) is 24.0 Å². The molecule has 40 heavy (non-hydrogen) atoms. The number of sulfonamides is 1. The summed E-state index contributed by atoms with van der Waals surface area (Å²) in [6, 6.07) is 16.6. The number of hydrogen-bond acceptors (Lipinski definition) is 7. The molecule has 4 aromatic rings. The number of furan rings is 1. The Balaban J connectivity index is 1.55. The van der Waals surface area contributed by atoms with E-state index in [1.54, 1.807) is 37.4 Å². The lowest BCUT2D eigenvalue weighted by Gasteiger charge is -2.25. The molecule has 1 aromatic heterocycles. The third kappa shape index (κ3) is 5.00. The Morgan fingerprint density at radius 2 is 1.82 bits per heavy atom. The maximum atomic E-state index is 13.7. The summed E-state index contributed by atoms with van der Waals surface area (Å²) in [6.45, 7) is -0.0969. The number of rotatable bonds is 8. The van der Waals surface area contributed by atoms with Gasteiger partial charge in [0.2, 0.25) is 10.0 Å². The van der Waals surface area contributed by atoms with Gasteiger partial charge in [-0.3, -0.25) is 9.10 Å². The van der Waals surface area contributed by atoms with Crippen LogP contribution in [0.2, 0.25) is 0 Å². The molecule has 11 heteroatoms. The fourth-order valence-electron chi connectivity index (χ4n) is 4.86. The molecule has 0 saturated heterocycles. The maximum Gasteiger partial charge on any atom is 0.266 e. The molecule has 0 spiro atoms. The lowest BCUT2D eigenvalue weighted by molar-refractivity contribution is -0.125. The Morgan fingerprint density at radius 1 is 1.10 bits per heavy atom. The van der Waals surface area contributed by atoms with Gasteiger partial charge in [-0.15, -0.1) is 0 Å². The van der Waals surface area contributed by atoms with Crippen LogP contribution in [0.15, 0.2) is 70.2 Å². The third-order valence-electron chi connectivity index (χ3n) is 6.96. The molecule has 206 valence electrons. The highest BCUT2D eigenvalue weighted by atomic mass is 32.2. The monoisotopic (exact) mass is 563 g/mol. The van der Waals surface area contributed by atoms with Crippen molar-refractivity contribution in [2.45, 2.75) is 25.3 Å². The van der Waals surface area contributed by atoms with Crippen molar-refractivity contribution in [1.82, 2.24) is 5.32 Å². The van der Waals surface area contributed by atoms with E-state index in [-0.39, 0.29) is 30.8 Å². The number of benzene rings is 3. The molecular formula is C29H26FN3O6S. The van der Waals surface area contributed by atoms with Crippen LogP contribution in [0.1, 0.15) is 35.4 Å². The van der Waals surface area contributed by atoms with Crippen LogP contribution >= 0.6 is 0 Å². The van der Waals surface area contributed by atoms with Crippen LogP contribution in [0, 0.1) is 5.82 Å². The zero-order valence-corrected chi connectivity index (χ0v) is 22.6. The van der Waals surface area contributed by atoms with E-state index in [0.29, 0.717) is 39.3 Å².